The van der Waals surface area contributed by atoms with Gasteiger partial charge < -0.3 is 24.8 Å². The van der Waals surface area contributed by atoms with E-state index in [1.54, 1.807) is 20.1 Å². The van der Waals surface area contributed by atoms with Crippen LogP contribution in [0.4, 0.5) is 13.2 Å². The molecule has 0 amide bonds. The summed E-state index contributed by atoms with van der Waals surface area (Å²) in [7, 11) is 1.71. The number of Topliss-reactive ketones (excluding diaryl/α,β-unsaturated/α-hetero) is 1. The molecular formula is C34H52F3NO5. The third kappa shape index (κ3) is 22.6. The predicted octanol–water partition coefficient (Wildman–Crippen LogP) is 8.46. The summed E-state index contributed by atoms with van der Waals surface area (Å²) in [6.45, 7) is 20.9. The molecule has 6 nitrogen and oxygen atoms in total. The number of aryl methyl sites for hydroxylation is 3. The first-order chi connectivity index (χ1) is 20.0. The second-order valence-corrected chi connectivity index (χ2v) is 10.5. The highest BCUT2D eigenvalue weighted by Gasteiger charge is 2.30. The van der Waals surface area contributed by atoms with Crippen molar-refractivity contribution in [3.63, 3.8) is 0 Å². The number of carbonyl (C=O) groups is 3. The lowest BCUT2D eigenvalue weighted by molar-refractivity contribution is -0.137. The van der Waals surface area contributed by atoms with Gasteiger partial charge in [0.15, 0.2) is 5.88 Å². The monoisotopic (exact) mass is 611 g/mol. The van der Waals surface area contributed by atoms with Crippen LogP contribution in [0, 0.1) is 12.8 Å². The third-order valence-corrected chi connectivity index (χ3v) is 5.91. The van der Waals surface area contributed by atoms with Gasteiger partial charge in [-0.25, -0.2) is 0 Å². The van der Waals surface area contributed by atoms with Crippen LogP contribution in [0.1, 0.15) is 89.5 Å². The number of ketones is 1. The molecule has 1 fully saturated rings. The zero-order valence-corrected chi connectivity index (χ0v) is 27.2. The topological polar surface area (TPSA) is 95.7 Å². The Kier molecular flexibility index (Phi) is 24.3. The largest absolute Gasteiger partial charge is 0.496 e. The van der Waals surface area contributed by atoms with Crippen LogP contribution >= 0.6 is 0 Å². The molecule has 244 valence electrons. The van der Waals surface area contributed by atoms with Crippen molar-refractivity contribution >= 4 is 19.4 Å². The van der Waals surface area contributed by atoms with E-state index in [9.17, 15) is 18.0 Å². The van der Waals surface area contributed by atoms with E-state index in [0.29, 0.717) is 23.7 Å². The molecule has 0 heterocycles. The predicted molar refractivity (Wildman–Crippen MR) is 169 cm³/mol. The summed E-state index contributed by atoms with van der Waals surface area (Å²) in [6, 6.07) is 11.7. The molecule has 2 N–H and O–H groups in total. The summed E-state index contributed by atoms with van der Waals surface area (Å²) in [5, 5.41) is 0. The Morgan fingerprint density at radius 2 is 1.42 bits per heavy atom. The van der Waals surface area contributed by atoms with Gasteiger partial charge in [-0.05, 0) is 95.7 Å². The molecule has 0 saturated heterocycles. The molecule has 0 aliphatic heterocycles. The molecule has 43 heavy (non-hydrogen) atoms. The Hall–Kier alpha value is -3.62. The molecule has 0 bridgehead atoms. The quantitative estimate of drug-likeness (QED) is 0.341. The van der Waals surface area contributed by atoms with E-state index < -0.39 is 11.7 Å². The highest BCUT2D eigenvalue weighted by Crippen LogP contribution is 2.29. The third-order valence-electron chi connectivity index (χ3n) is 5.91. The summed E-state index contributed by atoms with van der Waals surface area (Å²) >= 11 is 0. The minimum atomic E-state index is -4.22. The van der Waals surface area contributed by atoms with Gasteiger partial charge in [-0.1, -0.05) is 57.0 Å². The second kappa shape index (κ2) is 23.9. The zero-order chi connectivity index (χ0) is 34.2. The minimum absolute atomic E-state index is 0.203. The van der Waals surface area contributed by atoms with Crippen molar-refractivity contribution in [3.05, 3.63) is 77.2 Å². The average molecular weight is 612 g/mol. The summed E-state index contributed by atoms with van der Waals surface area (Å²) in [5.41, 5.74) is 7.63. The maximum atomic E-state index is 12.1. The highest BCUT2D eigenvalue weighted by atomic mass is 19.4. The van der Waals surface area contributed by atoms with Crippen molar-refractivity contribution in [1.29, 1.82) is 0 Å². The molecule has 2 aromatic rings. The molecule has 0 radical (unpaired) electrons. The van der Waals surface area contributed by atoms with E-state index in [0.717, 1.165) is 31.1 Å². The first kappa shape index (κ1) is 43.8. The minimum Gasteiger partial charge on any atom is -0.496 e. The van der Waals surface area contributed by atoms with Crippen molar-refractivity contribution in [3.8, 4) is 5.75 Å². The van der Waals surface area contributed by atoms with E-state index in [2.05, 4.69) is 38.6 Å². The maximum absolute atomic E-state index is 12.1. The van der Waals surface area contributed by atoms with Gasteiger partial charge in [0.25, 0.3) is 0 Å². The first-order valence-corrected chi connectivity index (χ1v) is 14.0. The van der Waals surface area contributed by atoms with Gasteiger partial charge in [0.2, 0.25) is 0 Å². The normalized spacial score (nSPS) is 12.0. The van der Waals surface area contributed by atoms with Crippen molar-refractivity contribution in [2.45, 2.75) is 98.8 Å². The van der Waals surface area contributed by atoms with Crippen LogP contribution in [0.25, 0.3) is 0 Å². The molecule has 0 aromatic heterocycles. The van der Waals surface area contributed by atoms with Crippen LogP contribution < -0.4 is 10.5 Å². The van der Waals surface area contributed by atoms with Crippen LogP contribution in [0.2, 0.25) is 0 Å². The Labute approximate surface area is 256 Å². The molecule has 2 aromatic carbocycles. The van der Waals surface area contributed by atoms with E-state index in [-0.39, 0.29) is 11.5 Å². The van der Waals surface area contributed by atoms with Gasteiger partial charge in [-0.2, -0.15) is 13.2 Å². The fourth-order valence-electron chi connectivity index (χ4n) is 3.78. The summed E-state index contributed by atoms with van der Waals surface area (Å²) in [6.07, 6.45) is 2.31. The Bertz CT molecular complexity index is 1040. The van der Waals surface area contributed by atoms with E-state index in [4.69, 9.17) is 24.8 Å². The lowest BCUT2D eigenvalue weighted by atomic mass is 10.0. The molecule has 1 aliphatic rings. The Morgan fingerprint density at radius 1 is 0.930 bits per heavy atom. The molecule has 0 atom stereocenters. The first-order valence-electron chi connectivity index (χ1n) is 14.0. The molecule has 3 rings (SSSR count). The van der Waals surface area contributed by atoms with Crippen molar-refractivity contribution in [2.24, 2.45) is 11.7 Å². The smallest absolute Gasteiger partial charge is 0.416 e. The molecule has 9 heteroatoms. The summed E-state index contributed by atoms with van der Waals surface area (Å²) in [5.74, 6) is 2.08. The number of hydrogen-bond donors (Lipinski definition) is 1. The van der Waals surface area contributed by atoms with Gasteiger partial charge in [-0.15, -0.1) is 0 Å². The fraction of sp³-hybridized carbons (Fsp3) is 0.500. The number of ether oxygens (including phenoxy) is 2. The number of carbonyl (C=O) groups excluding carboxylic acids is 3. The van der Waals surface area contributed by atoms with Crippen LogP contribution in [0.3, 0.4) is 0 Å². The summed E-state index contributed by atoms with van der Waals surface area (Å²) in [4.78, 5) is 26.6. The number of benzene rings is 2. The second-order valence-electron chi connectivity index (χ2n) is 10.5. The van der Waals surface area contributed by atoms with Crippen LogP contribution in [-0.2, 0) is 38.1 Å². The lowest BCUT2D eigenvalue weighted by Gasteiger charge is -2.19. The average Bonchev–Trinajstić information content (AvgIpc) is 3.51. The van der Waals surface area contributed by atoms with Crippen LogP contribution in [0.15, 0.2) is 54.9 Å². The van der Waals surface area contributed by atoms with E-state index >= 15 is 0 Å². The number of alkyl halides is 3. The molecular weight excluding hydrogens is 559 g/mol. The molecule has 1 saturated carbocycles. The zero-order valence-electron chi connectivity index (χ0n) is 27.2. The van der Waals surface area contributed by atoms with Gasteiger partial charge in [0, 0.05) is 5.92 Å². The van der Waals surface area contributed by atoms with Gasteiger partial charge in [0.1, 0.15) is 30.7 Å². The van der Waals surface area contributed by atoms with Crippen LogP contribution in [0.5, 0.6) is 5.75 Å². The molecule has 0 spiro atoms. The highest BCUT2D eigenvalue weighted by molar-refractivity contribution is 5.78. The van der Waals surface area contributed by atoms with Gasteiger partial charge in [0.05, 0.1) is 12.7 Å². The number of rotatable bonds is 5. The van der Waals surface area contributed by atoms with E-state index in [1.807, 2.05) is 41.3 Å². The Balaban J connectivity index is -0.000000483. The maximum Gasteiger partial charge on any atom is 0.416 e. The number of methoxy groups -OCH3 is 1. The van der Waals surface area contributed by atoms with Crippen molar-refractivity contribution in [2.75, 3.05) is 7.11 Å². The standard InChI is InChI=1S/C10H14O.C9H9F3.C7H12O.C6H13NO.2CH2O/c1-4-9-6-5-8(2)10(7-9)11-3;1-2-7-4-3-5-8(6-7)9(10,11)12;1-6(8)7-4-2-3-5-7;1-5(7)8-6(2,3)4;2*1-2/h5-7H,4H2,1-3H3;3-6H,2H2,1H3;7H,2-5H2,1H3;1,7H2,2-4H3;2*1H2. The number of halogens is 3. The van der Waals surface area contributed by atoms with E-state index in [1.165, 1.54) is 36.1 Å². The SMILES string of the molecule is C=C(N)OC(C)(C)C.C=O.C=O.CC(=O)C1CCCC1.CCc1ccc(C)c(OC)c1.CCc1cccc(C(F)(F)F)c1. The van der Waals surface area contributed by atoms with Crippen molar-refractivity contribution in [1.82, 2.24) is 0 Å². The number of nitrogens with two attached hydrogens (primary N) is 1. The Morgan fingerprint density at radius 3 is 1.74 bits per heavy atom. The molecule has 1 aliphatic carbocycles. The van der Waals surface area contributed by atoms with Gasteiger partial charge >= 0.3 is 6.18 Å². The lowest BCUT2D eigenvalue weighted by Crippen LogP contribution is -2.21. The molecule has 0 unspecified atom stereocenters. The summed E-state index contributed by atoms with van der Waals surface area (Å²) < 4.78 is 46.5. The fourth-order valence-corrected chi connectivity index (χ4v) is 3.78. The van der Waals surface area contributed by atoms with Gasteiger partial charge in [-0.3, -0.25) is 4.79 Å². The van der Waals surface area contributed by atoms with Crippen molar-refractivity contribution < 1.29 is 37.0 Å². The number of hydrogen-bond acceptors (Lipinski definition) is 6. The van der Waals surface area contributed by atoms with Crippen LogP contribution in [-0.4, -0.2) is 32.1 Å².